The van der Waals surface area contributed by atoms with Gasteiger partial charge in [-0.05, 0) is 38.1 Å². The number of hydrogen-bond donors (Lipinski definition) is 1. The SMILES string of the molecule is N#CCCN(Cc1ccco1)C(=O)COC1CCNCC1. The van der Waals surface area contributed by atoms with Gasteiger partial charge in [-0.2, -0.15) is 5.26 Å². The third kappa shape index (κ3) is 5.21. The number of amides is 1. The molecule has 1 amide bonds. The Morgan fingerprint density at radius 3 is 3.00 bits per heavy atom. The summed E-state index contributed by atoms with van der Waals surface area (Å²) in [4.78, 5) is 13.9. The van der Waals surface area contributed by atoms with Crippen LogP contribution in [-0.4, -0.2) is 43.2 Å². The molecule has 0 unspecified atom stereocenters. The Balaban J connectivity index is 1.82. The Morgan fingerprint density at radius 2 is 2.33 bits per heavy atom. The second kappa shape index (κ2) is 8.45. The molecule has 1 N–H and O–H groups in total. The molecule has 1 saturated heterocycles. The third-order valence-corrected chi connectivity index (χ3v) is 3.50. The Bertz CT molecular complexity index is 461. The van der Waals surface area contributed by atoms with E-state index in [9.17, 15) is 4.79 Å². The summed E-state index contributed by atoms with van der Waals surface area (Å²) in [6.45, 7) is 2.71. The molecule has 0 saturated carbocycles. The van der Waals surface area contributed by atoms with Gasteiger partial charge < -0.3 is 19.4 Å². The van der Waals surface area contributed by atoms with Crippen molar-refractivity contribution in [3.63, 3.8) is 0 Å². The second-order valence-electron chi connectivity index (χ2n) is 5.06. The van der Waals surface area contributed by atoms with E-state index < -0.39 is 0 Å². The largest absolute Gasteiger partial charge is 0.467 e. The topological polar surface area (TPSA) is 78.5 Å². The average Bonchev–Trinajstić information content (AvgIpc) is 3.03. The minimum Gasteiger partial charge on any atom is -0.467 e. The zero-order valence-electron chi connectivity index (χ0n) is 12.1. The number of furan rings is 1. The third-order valence-electron chi connectivity index (χ3n) is 3.50. The van der Waals surface area contributed by atoms with Gasteiger partial charge in [0.25, 0.3) is 0 Å². The summed E-state index contributed by atoms with van der Waals surface area (Å²) >= 11 is 0. The Labute approximate surface area is 124 Å². The smallest absolute Gasteiger partial charge is 0.249 e. The van der Waals surface area contributed by atoms with Gasteiger partial charge >= 0.3 is 0 Å². The van der Waals surface area contributed by atoms with Gasteiger partial charge in [-0.15, -0.1) is 0 Å². The number of carbonyl (C=O) groups excluding carboxylic acids is 1. The van der Waals surface area contributed by atoms with Gasteiger partial charge in [-0.3, -0.25) is 4.79 Å². The number of nitrogens with zero attached hydrogens (tertiary/aromatic N) is 2. The first kappa shape index (κ1) is 15.5. The quantitative estimate of drug-likeness (QED) is 0.819. The summed E-state index contributed by atoms with van der Waals surface area (Å²) in [6.07, 6.45) is 3.90. The molecule has 114 valence electrons. The Morgan fingerprint density at radius 1 is 1.52 bits per heavy atom. The highest BCUT2D eigenvalue weighted by Gasteiger charge is 2.19. The maximum Gasteiger partial charge on any atom is 0.249 e. The van der Waals surface area contributed by atoms with Crippen LogP contribution in [0.5, 0.6) is 0 Å². The standard InChI is InChI=1S/C15H21N3O3/c16-6-2-9-18(11-14-3-1-10-20-14)15(19)12-21-13-4-7-17-8-5-13/h1,3,10,13,17H,2,4-5,7-9,11-12H2. The molecule has 0 aliphatic carbocycles. The fourth-order valence-corrected chi connectivity index (χ4v) is 2.31. The van der Waals surface area contributed by atoms with Crippen molar-refractivity contribution in [1.82, 2.24) is 10.2 Å². The minimum absolute atomic E-state index is 0.0663. The lowest BCUT2D eigenvalue weighted by atomic mass is 10.1. The van der Waals surface area contributed by atoms with Crippen molar-refractivity contribution >= 4 is 5.91 Å². The van der Waals surface area contributed by atoms with Crippen LogP contribution >= 0.6 is 0 Å². The van der Waals surface area contributed by atoms with Crippen molar-refractivity contribution in [3.05, 3.63) is 24.2 Å². The van der Waals surface area contributed by atoms with E-state index in [2.05, 4.69) is 11.4 Å². The first-order valence-electron chi connectivity index (χ1n) is 7.29. The molecule has 2 rings (SSSR count). The van der Waals surface area contributed by atoms with Crippen molar-refractivity contribution < 1.29 is 13.9 Å². The number of ether oxygens (including phenoxy) is 1. The van der Waals surface area contributed by atoms with Crippen molar-refractivity contribution in [2.75, 3.05) is 26.2 Å². The predicted molar refractivity (Wildman–Crippen MR) is 76.2 cm³/mol. The minimum atomic E-state index is -0.0971. The molecule has 1 aliphatic rings. The van der Waals surface area contributed by atoms with Gasteiger partial charge in [0, 0.05) is 6.54 Å². The van der Waals surface area contributed by atoms with Crippen molar-refractivity contribution in [2.24, 2.45) is 0 Å². The molecule has 0 spiro atoms. The molecule has 0 aromatic carbocycles. The molecule has 0 bridgehead atoms. The number of nitrogens with one attached hydrogen (secondary N) is 1. The van der Waals surface area contributed by atoms with Crippen LogP contribution in [-0.2, 0) is 16.1 Å². The van der Waals surface area contributed by atoms with E-state index in [1.165, 1.54) is 0 Å². The molecular weight excluding hydrogens is 270 g/mol. The molecule has 6 heteroatoms. The van der Waals surface area contributed by atoms with Gasteiger partial charge in [0.1, 0.15) is 12.4 Å². The second-order valence-corrected chi connectivity index (χ2v) is 5.06. The van der Waals surface area contributed by atoms with E-state index in [4.69, 9.17) is 14.4 Å². The van der Waals surface area contributed by atoms with Crippen LogP contribution in [0.4, 0.5) is 0 Å². The van der Waals surface area contributed by atoms with Gasteiger partial charge in [0.2, 0.25) is 5.91 Å². The molecule has 1 fully saturated rings. The molecule has 0 atom stereocenters. The molecule has 21 heavy (non-hydrogen) atoms. The van der Waals surface area contributed by atoms with E-state index in [1.54, 1.807) is 17.2 Å². The monoisotopic (exact) mass is 291 g/mol. The molecule has 2 heterocycles. The maximum atomic E-state index is 12.3. The van der Waals surface area contributed by atoms with Crippen LogP contribution in [0.3, 0.4) is 0 Å². The van der Waals surface area contributed by atoms with Gasteiger partial charge in [0.15, 0.2) is 0 Å². The molecule has 1 aromatic heterocycles. The first-order valence-corrected chi connectivity index (χ1v) is 7.29. The highest BCUT2D eigenvalue weighted by Crippen LogP contribution is 2.10. The number of carbonyl (C=O) groups is 1. The summed E-state index contributed by atoms with van der Waals surface area (Å²) in [7, 11) is 0. The van der Waals surface area contributed by atoms with E-state index in [1.807, 2.05) is 6.07 Å². The molecule has 6 nitrogen and oxygen atoms in total. The summed E-state index contributed by atoms with van der Waals surface area (Å²) in [5.41, 5.74) is 0. The first-order chi connectivity index (χ1) is 10.3. The van der Waals surface area contributed by atoms with E-state index in [0.717, 1.165) is 25.9 Å². The summed E-state index contributed by atoms with van der Waals surface area (Å²) in [5.74, 6) is 0.614. The Kier molecular flexibility index (Phi) is 6.25. The van der Waals surface area contributed by atoms with Crippen molar-refractivity contribution in [1.29, 1.82) is 5.26 Å². The predicted octanol–water partition coefficient (Wildman–Crippen LogP) is 1.29. The van der Waals surface area contributed by atoms with Crippen molar-refractivity contribution in [2.45, 2.75) is 31.9 Å². The number of nitriles is 1. The van der Waals surface area contributed by atoms with Crippen LogP contribution < -0.4 is 5.32 Å². The normalized spacial score (nSPS) is 15.6. The van der Waals surface area contributed by atoms with E-state index in [-0.39, 0.29) is 18.6 Å². The fourth-order valence-electron chi connectivity index (χ4n) is 2.31. The number of hydrogen-bond acceptors (Lipinski definition) is 5. The van der Waals surface area contributed by atoms with Gasteiger partial charge in [-0.25, -0.2) is 0 Å². The molecule has 0 radical (unpaired) electrons. The molecule has 1 aliphatic heterocycles. The van der Waals surface area contributed by atoms with E-state index in [0.29, 0.717) is 25.3 Å². The number of rotatable bonds is 7. The average molecular weight is 291 g/mol. The maximum absolute atomic E-state index is 12.3. The summed E-state index contributed by atoms with van der Waals surface area (Å²) in [5, 5.41) is 12.0. The molecule has 1 aromatic rings. The highest BCUT2D eigenvalue weighted by atomic mass is 16.5. The van der Waals surface area contributed by atoms with Crippen LogP contribution in [0.25, 0.3) is 0 Å². The summed E-state index contributed by atoms with van der Waals surface area (Å²) in [6, 6.07) is 5.67. The van der Waals surface area contributed by atoms with Crippen LogP contribution in [0.15, 0.2) is 22.8 Å². The zero-order chi connectivity index (χ0) is 14.9. The zero-order valence-corrected chi connectivity index (χ0v) is 12.1. The summed E-state index contributed by atoms with van der Waals surface area (Å²) < 4.78 is 10.9. The lowest BCUT2D eigenvalue weighted by Crippen LogP contribution is -2.38. The highest BCUT2D eigenvalue weighted by molar-refractivity contribution is 5.77. The lowest BCUT2D eigenvalue weighted by Gasteiger charge is -2.25. The Hall–Kier alpha value is -1.84. The van der Waals surface area contributed by atoms with Crippen LogP contribution in [0, 0.1) is 11.3 Å². The lowest BCUT2D eigenvalue weighted by molar-refractivity contribution is -0.139. The van der Waals surface area contributed by atoms with E-state index >= 15 is 0 Å². The van der Waals surface area contributed by atoms with Gasteiger partial charge in [0.05, 0.1) is 31.4 Å². The van der Waals surface area contributed by atoms with Crippen molar-refractivity contribution in [3.8, 4) is 6.07 Å². The van der Waals surface area contributed by atoms with Gasteiger partial charge in [-0.1, -0.05) is 0 Å². The van der Waals surface area contributed by atoms with Crippen LogP contribution in [0.2, 0.25) is 0 Å². The molecular formula is C15H21N3O3. The number of piperidine rings is 1. The van der Waals surface area contributed by atoms with Crippen LogP contribution in [0.1, 0.15) is 25.0 Å². The fraction of sp³-hybridized carbons (Fsp3) is 0.600.